The number of nitrogens with zero attached hydrogens (tertiary/aromatic N) is 1. The van der Waals surface area contributed by atoms with E-state index in [1.807, 2.05) is 6.26 Å². The summed E-state index contributed by atoms with van der Waals surface area (Å²) in [6.45, 7) is 1.47. The summed E-state index contributed by atoms with van der Waals surface area (Å²) < 4.78 is 0. The molecule has 0 bridgehead atoms. The van der Waals surface area contributed by atoms with Crippen LogP contribution in [0.3, 0.4) is 0 Å². The molecule has 1 heterocycles. The Morgan fingerprint density at radius 1 is 1.35 bits per heavy atom. The molecule has 1 saturated heterocycles. The van der Waals surface area contributed by atoms with E-state index in [-0.39, 0.29) is 6.03 Å². The molecule has 0 saturated carbocycles. The van der Waals surface area contributed by atoms with Gasteiger partial charge in [0.05, 0.1) is 0 Å². The fourth-order valence-electron chi connectivity index (χ4n) is 1.83. The maximum atomic E-state index is 11.8. The van der Waals surface area contributed by atoms with Gasteiger partial charge in [-0.15, -0.1) is 0 Å². The van der Waals surface area contributed by atoms with Crippen LogP contribution in [0.15, 0.2) is 0 Å². The molecule has 6 heteroatoms. The van der Waals surface area contributed by atoms with E-state index in [1.165, 1.54) is 0 Å². The van der Waals surface area contributed by atoms with Crippen LogP contribution in [0.1, 0.15) is 25.7 Å². The Labute approximate surface area is 106 Å². The highest BCUT2D eigenvalue weighted by atomic mass is 32.2. The van der Waals surface area contributed by atoms with E-state index in [2.05, 4.69) is 5.32 Å². The zero-order chi connectivity index (χ0) is 12.7. The smallest absolute Gasteiger partial charge is 0.326 e. The third kappa shape index (κ3) is 4.85. The van der Waals surface area contributed by atoms with Crippen LogP contribution in [0.4, 0.5) is 4.79 Å². The van der Waals surface area contributed by atoms with Crippen molar-refractivity contribution in [1.29, 1.82) is 0 Å². The number of thioether (sulfide) groups is 1. The molecule has 2 N–H and O–H groups in total. The molecule has 1 fully saturated rings. The van der Waals surface area contributed by atoms with E-state index >= 15 is 0 Å². The van der Waals surface area contributed by atoms with Crippen LogP contribution in [-0.4, -0.2) is 53.1 Å². The average molecular weight is 260 g/mol. The van der Waals surface area contributed by atoms with Gasteiger partial charge in [0, 0.05) is 13.1 Å². The number of hydrogen-bond acceptors (Lipinski definition) is 3. The second-order valence-corrected chi connectivity index (χ2v) is 5.16. The molecule has 0 aromatic heterocycles. The summed E-state index contributed by atoms with van der Waals surface area (Å²) in [5, 5.41) is 11.6. The highest BCUT2D eigenvalue weighted by molar-refractivity contribution is 7.98. The molecule has 2 amide bonds. The molecule has 1 aliphatic rings. The van der Waals surface area contributed by atoms with Crippen molar-refractivity contribution in [1.82, 2.24) is 10.2 Å². The average Bonchev–Trinajstić information content (AvgIpc) is 2.35. The molecule has 0 unspecified atom stereocenters. The minimum atomic E-state index is -0.954. The Hall–Kier alpha value is -0.910. The zero-order valence-corrected chi connectivity index (χ0v) is 11.0. The lowest BCUT2D eigenvalue weighted by Crippen LogP contribution is -2.49. The van der Waals surface area contributed by atoms with E-state index in [1.54, 1.807) is 16.7 Å². The highest BCUT2D eigenvalue weighted by Gasteiger charge is 2.23. The van der Waals surface area contributed by atoms with Crippen molar-refractivity contribution in [3.8, 4) is 0 Å². The molecule has 5 nitrogen and oxygen atoms in total. The number of piperidine rings is 1. The lowest BCUT2D eigenvalue weighted by Gasteiger charge is -2.28. The number of rotatable bonds is 5. The van der Waals surface area contributed by atoms with Crippen molar-refractivity contribution in [3.63, 3.8) is 0 Å². The molecule has 0 aromatic carbocycles. The molecule has 98 valence electrons. The quantitative estimate of drug-likeness (QED) is 0.783. The van der Waals surface area contributed by atoms with Crippen molar-refractivity contribution in [2.45, 2.75) is 31.7 Å². The topological polar surface area (TPSA) is 69.6 Å². The van der Waals surface area contributed by atoms with Gasteiger partial charge in [-0.05, 0) is 37.7 Å². The predicted molar refractivity (Wildman–Crippen MR) is 68.4 cm³/mol. The van der Waals surface area contributed by atoms with Gasteiger partial charge in [0.1, 0.15) is 6.04 Å². The Morgan fingerprint density at radius 2 is 2.00 bits per heavy atom. The van der Waals surface area contributed by atoms with Crippen LogP contribution < -0.4 is 5.32 Å². The van der Waals surface area contributed by atoms with Crippen LogP contribution in [0.2, 0.25) is 0 Å². The van der Waals surface area contributed by atoms with Gasteiger partial charge in [0.15, 0.2) is 0 Å². The fourth-order valence-corrected chi connectivity index (χ4v) is 2.30. The van der Waals surface area contributed by atoms with E-state index < -0.39 is 12.0 Å². The molecule has 17 heavy (non-hydrogen) atoms. The van der Waals surface area contributed by atoms with Gasteiger partial charge in [-0.25, -0.2) is 9.59 Å². The SMILES string of the molecule is CSCC[C@@H](NC(=O)N1CCCCC1)C(=O)O. The molecular weight excluding hydrogens is 240 g/mol. The largest absolute Gasteiger partial charge is 0.480 e. The van der Waals surface area contributed by atoms with Gasteiger partial charge in [0.25, 0.3) is 0 Å². The van der Waals surface area contributed by atoms with Crippen LogP contribution in [-0.2, 0) is 4.79 Å². The second kappa shape index (κ2) is 7.42. The first-order valence-electron chi connectivity index (χ1n) is 5.92. The summed E-state index contributed by atoms with van der Waals surface area (Å²) in [7, 11) is 0. The molecule has 1 atom stereocenters. The normalized spacial score (nSPS) is 17.6. The summed E-state index contributed by atoms with van der Waals surface area (Å²) >= 11 is 1.58. The summed E-state index contributed by atoms with van der Waals surface area (Å²) in [5.74, 6) is -0.221. The standard InChI is InChI=1S/C11H20N2O3S/c1-17-8-5-9(10(14)15)12-11(16)13-6-3-2-4-7-13/h9H,2-8H2,1H3,(H,12,16)(H,14,15)/t9-/m1/s1. The number of nitrogens with one attached hydrogen (secondary N) is 1. The monoisotopic (exact) mass is 260 g/mol. The van der Waals surface area contributed by atoms with Crippen molar-refractivity contribution < 1.29 is 14.7 Å². The predicted octanol–water partition coefficient (Wildman–Crippen LogP) is 1.39. The summed E-state index contributed by atoms with van der Waals surface area (Å²) in [6.07, 6.45) is 5.56. The Balaban J connectivity index is 2.42. The summed E-state index contributed by atoms with van der Waals surface area (Å²) in [4.78, 5) is 24.5. The van der Waals surface area contributed by atoms with Crippen LogP contribution in [0, 0.1) is 0 Å². The number of likely N-dealkylation sites (tertiary alicyclic amines) is 1. The summed E-state index contributed by atoms with van der Waals surface area (Å²) in [6, 6.07) is -1.00. The fraction of sp³-hybridized carbons (Fsp3) is 0.818. The third-order valence-electron chi connectivity index (χ3n) is 2.85. The van der Waals surface area contributed by atoms with E-state index in [9.17, 15) is 9.59 Å². The summed E-state index contributed by atoms with van der Waals surface area (Å²) in [5.41, 5.74) is 0. The van der Waals surface area contributed by atoms with Gasteiger partial charge >= 0.3 is 12.0 Å². The van der Waals surface area contributed by atoms with Crippen molar-refractivity contribution in [2.75, 3.05) is 25.1 Å². The molecule has 0 aromatic rings. The van der Waals surface area contributed by atoms with Gasteiger partial charge in [-0.1, -0.05) is 0 Å². The first-order valence-corrected chi connectivity index (χ1v) is 7.31. The molecule has 1 rings (SSSR count). The molecular formula is C11H20N2O3S. The van der Waals surface area contributed by atoms with Gasteiger partial charge in [-0.2, -0.15) is 11.8 Å². The number of amides is 2. The van der Waals surface area contributed by atoms with E-state index in [0.717, 1.165) is 38.1 Å². The zero-order valence-electron chi connectivity index (χ0n) is 10.1. The lowest BCUT2D eigenvalue weighted by atomic mass is 10.1. The van der Waals surface area contributed by atoms with Gasteiger partial charge in [-0.3, -0.25) is 0 Å². The highest BCUT2D eigenvalue weighted by Crippen LogP contribution is 2.09. The third-order valence-corrected chi connectivity index (χ3v) is 3.49. The second-order valence-electron chi connectivity index (χ2n) is 4.17. The van der Waals surface area contributed by atoms with Crippen molar-refractivity contribution >= 4 is 23.8 Å². The maximum absolute atomic E-state index is 11.8. The number of carboxylic acids is 1. The van der Waals surface area contributed by atoms with Crippen LogP contribution >= 0.6 is 11.8 Å². The molecule has 0 spiro atoms. The number of carbonyl (C=O) groups excluding carboxylic acids is 1. The Bertz CT molecular complexity index is 267. The molecule has 0 radical (unpaired) electrons. The van der Waals surface area contributed by atoms with Gasteiger partial charge in [0.2, 0.25) is 0 Å². The first kappa shape index (κ1) is 14.2. The van der Waals surface area contributed by atoms with E-state index in [4.69, 9.17) is 5.11 Å². The van der Waals surface area contributed by atoms with Crippen molar-refractivity contribution in [2.24, 2.45) is 0 Å². The maximum Gasteiger partial charge on any atom is 0.326 e. The number of urea groups is 1. The minimum Gasteiger partial charge on any atom is -0.480 e. The number of carbonyl (C=O) groups is 2. The first-order chi connectivity index (χ1) is 8.15. The minimum absolute atomic E-state index is 0.238. The van der Waals surface area contributed by atoms with Gasteiger partial charge < -0.3 is 15.3 Å². The van der Waals surface area contributed by atoms with Crippen LogP contribution in [0.5, 0.6) is 0 Å². The van der Waals surface area contributed by atoms with E-state index in [0.29, 0.717) is 6.42 Å². The lowest BCUT2D eigenvalue weighted by molar-refractivity contribution is -0.139. The number of aliphatic carboxylic acids is 1. The van der Waals surface area contributed by atoms with Crippen LogP contribution in [0.25, 0.3) is 0 Å². The number of carboxylic acid groups (broad SMARTS) is 1. The number of hydrogen-bond donors (Lipinski definition) is 2. The molecule has 0 aliphatic carbocycles. The Morgan fingerprint density at radius 3 is 2.53 bits per heavy atom. The Kier molecular flexibility index (Phi) is 6.18. The molecule has 1 aliphatic heterocycles. The van der Waals surface area contributed by atoms with Crippen molar-refractivity contribution in [3.05, 3.63) is 0 Å².